The molecule has 0 aliphatic heterocycles. The SMILES string of the molecule is CCC[C@@H](N)C(=O)Nc1cccc(OCC(=O)NC)c1. The van der Waals surface area contributed by atoms with Crippen molar-refractivity contribution in [2.75, 3.05) is 19.0 Å². The maximum Gasteiger partial charge on any atom is 0.257 e. The summed E-state index contributed by atoms with van der Waals surface area (Å²) in [6.45, 7) is 1.91. The minimum absolute atomic E-state index is 0.0662. The lowest BCUT2D eigenvalue weighted by molar-refractivity contribution is -0.122. The second-order valence-corrected chi connectivity index (χ2v) is 4.37. The molecule has 0 bridgehead atoms. The van der Waals surface area contributed by atoms with E-state index in [9.17, 15) is 9.59 Å². The number of anilines is 1. The Hall–Kier alpha value is -2.08. The lowest BCUT2D eigenvalue weighted by Crippen LogP contribution is -2.35. The van der Waals surface area contributed by atoms with E-state index >= 15 is 0 Å². The highest BCUT2D eigenvalue weighted by atomic mass is 16.5. The first-order valence-corrected chi connectivity index (χ1v) is 6.56. The van der Waals surface area contributed by atoms with Crippen molar-refractivity contribution in [2.45, 2.75) is 25.8 Å². The van der Waals surface area contributed by atoms with Gasteiger partial charge in [-0.15, -0.1) is 0 Å². The molecule has 0 fully saturated rings. The summed E-state index contributed by atoms with van der Waals surface area (Å²) in [4.78, 5) is 22.9. The summed E-state index contributed by atoms with van der Waals surface area (Å²) < 4.78 is 5.29. The highest BCUT2D eigenvalue weighted by Gasteiger charge is 2.12. The van der Waals surface area contributed by atoms with Gasteiger partial charge in [0.25, 0.3) is 5.91 Å². The molecular weight excluding hydrogens is 258 g/mol. The molecule has 4 N–H and O–H groups in total. The molecule has 0 heterocycles. The minimum Gasteiger partial charge on any atom is -0.484 e. The van der Waals surface area contributed by atoms with Crippen LogP contribution < -0.4 is 21.1 Å². The molecule has 0 saturated heterocycles. The van der Waals surface area contributed by atoms with Gasteiger partial charge < -0.3 is 21.1 Å². The molecule has 1 aromatic carbocycles. The highest BCUT2D eigenvalue weighted by molar-refractivity contribution is 5.94. The van der Waals surface area contributed by atoms with Crippen molar-refractivity contribution >= 4 is 17.5 Å². The number of carbonyl (C=O) groups excluding carboxylic acids is 2. The predicted molar refractivity (Wildman–Crippen MR) is 77.5 cm³/mol. The van der Waals surface area contributed by atoms with Crippen LogP contribution in [0.4, 0.5) is 5.69 Å². The fraction of sp³-hybridized carbons (Fsp3) is 0.429. The Morgan fingerprint density at radius 2 is 2.15 bits per heavy atom. The lowest BCUT2D eigenvalue weighted by atomic mass is 10.1. The first kappa shape index (κ1) is 16.0. The Kier molecular flexibility index (Phi) is 6.52. The number of amides is 2. The quantitative estimate of drug-likeness (QED) is 0.690. The van der Waals surface area contributed by atoms with Gasteiger partial charge in [0, 0.05) is 18.8 Å². The van der Waals surface area contributed by atoms with Crippen LogP contribution in [0.15, 0.2) is 24.3 Å². The average molecular weight is 279 g/mol. The van der Waals surface area contributed by atoms with Gasteiger partial charge >= 0.3 is 0 Å². The number of nitrogens with two attached hydrogens (primary N) is 1. The lowest BCUT2D eigenvalue weighted by Gasteiger charge is -2.12. The summed E-state index contributed by atoms with van der Waals surface area (Å²) in [5.41, 5.74) is 6.33. The van der Waals surface area contributed by atoms with Gasteiger partial charge in [-0.3, -0.25) is 9.59 Å². The molecule has 0 aliphatic carbocycles. The van der Waals surface area contributed by atoms with Crippen LogP contribution in [0.5, 0.6) is 5.75 Å². The van der Waals surface area contributed by atoms with Gasteiger partial charge in [0.05, 0.1) is 6.04 Å². The van der Waals surface area contributed by atoms with Crippen LogP contribution >= 0.6 is 0 Å². The van der Waals surface area contributed by atoms with Crippen LogP contribution in [-0.4, -0.2) is 31.5 Å². The van der Waals surface area contributed by atoms with Crippen LogP contribution in [0.2, 0.25) is 0 Å². The first-order valence-electron chi connectivity index (χ1n) is 6.56. The molecule has 6 nitrogen and oxygen atoms in total. The van der Waals surface area contributed by atoms with E-state index in [1.807, 2.05) is 6.92 Å². The van der Waals surface area contributed by atoms with Gasteiger partial charge in [-0.05, 0) is 18.6 Å². The fourth-order valence-corrected chi connectivity index (χ4v) is 1.56. The van der Waals surface area contributed by atoms with Crippen LogP contribution in [0.3, 0.4) is 0 Å². The molecule has 6 heteroatoms. The number of hydrogen-bond acceptors (Lipinski definition) is 4. The average Bonchev–Trinajstić information content (AvgIpc) is 2.45. The number of carbonyl (C=O) groups is 2. The van der Waals surface area contributed by atoms with Crippen LogP contribution in [0.25, 0.3) is 0 Å². The van der Waals surface area contributed by atoms with Gasteiger partial charge in [0.15, 0.2) is 6.61 Å². The fourth-order valence-electron chi connectivity index (χ4n) is 1.56. The monoisotopic (exact) mass is 279 g/mol. The van der Waals surface area contributed by atoms with Crippen LogP contribution in [-0.2, 0) is 9.59 Å². The summed E-state index contributed by atoms with van der Waals surface area (Å²) in [7, 11) is 1.54. The Balaban J connectivity index is 2.59. The molecule has 2 amide bonds. The number of rotatable bonds is 7. The third-order valence-corrected chi connectivity index (χ3v) is 2.69. The molecule has 110 valence electrons. The molecule has 0 radical (unpaired) electrons. The van der Waals surface area contributed by atoms with E-state index in [0.717, 1.165) is 6.42 Å². The summed E-state index contributed by atoms with van der Waals surface area (Å²) in [6.07, 6.45) is 1.49. The molecule has 1 atom stereocenters. The Bertz CT molecular complexity index is 463. The zero-order valence-corrected chi connectivity index (χ0v) is 11.8. The summed E-state index contributed by atoms with van der Waals surface area (Å²) >= 11 is 0. The van der Waals surface area contributed by atoms with E-state index in [1.54, 1.807) is 24.3 Å². The zero-order valence-electron chi connectivity index (χ0n) is 11.8. The van der Waals surface area contributed by atoms with Gasteiger partial charge in [-0.2, -0.15) is 0 Å². The zero-order chi connectivity index (χ0) is 15.0. The van der Waals surface area contributed by atoms with E-state index in [4.69, 9.17) is 10.5 Å². The second kappa shape index (κ2) is 8.16. The Labute approximate surface area is 118 Å². The number of ether oxygens (including phenoxy) is 1. The van der Waals surface area contributed by atoms with Crippen LogP contribution in [0.1, 0.15) is 19.8 Å². The molecular formula is C14H21N3O3. The van der Waals surface area contributed by atoms with Crippen molar-refractivity contribution in [1.82, 2.24) is 5.32 Å². The Morgan fingerprint density at radius 1 is 1.40 bits per heavy atom. The largest absolute Gasteiger partial charge is 0.484 e. The van der Waals surface area contributed by atoms with Crippen molar-refractivity contribution in [1.29, 1.82) is 0 Å². The Morgan fingerprint density at radius 3 is 2.80 bits per heavy atom. The van der Waals surface area contributed by atoms with E-state index in [1.165, 1.54) is 7.05 Å². The molecule has 0 spiro atoms. The maximum atomic E-state index is 11.8. The van der Waals surface area contributed by atoms with Crippen molar-refractivity contribution in [2.24, 2.45) is 5.73 Å². The number of likely N-dealkylation sites (N-methyl/N-ethyl adjacent to an activating group) is 1. The second-order valence-electron chi connectivity index (χ2n) is 4.37. The van der Waals surface area contributed by atoms with E-state index in [2.05, 4.69) is 10.6 Å². The predicted octanol–water partition coefficient (Wildman–Crippen LogP) is 0.877. The molecule has 0 aromatic heterocycles. The van der Waals surface area contributed by atoms with Crippen molar-refractivity contribution in [3.63, 3.8) is 0 Å². The van der Waals surface area contributed by atoms with Gasteiger partial charge in [-0.25, -0.2) is 0 Å². The van der Waals surface area contributed by atoms with Gasteiger partial charge in [0.2, 0.25) is 5.91 Å². The van der Waals surface area contributed by atoms with Gasteiger partial charge in [0.1, 0.15) is 5.75 Å². The number of benzene rings is 1. The van der Waals surface area contributed by atoms with Crippen molar-refractivity contribution in [3.05, 3.63) is 24.3 Å². The molecule has 0 aliphatic rings. The normalized spacial score (nSPS) is 11.6. The number of hydrogen-bond donors (Lipinski definition) is 3. The first-order chi connectivity index (χ1) is 9.56. The van der Waals surface area contributed by atoms with E-state index < -0.39 is 6.04 Å². The highest BCUT2D eigenvalue weighted by Crippen LogP contribution is 2.17. The smallest absolute Gasteiger partial charge is 0.257 e. The topological polar surface area (TPSA) is 93.5 Å². The van der Waals surface area contributed by atoms with Crippen molar-refractivity contribution < 1.29 is 14.3 Å². The third kappa shape index (κ3) is 5.27. The minimum atomic E-state index is -0.518. The molecule has 1 rings (SSSR count). The standard InChI is InChI=1S/C14H21N3O3/c1-3-5-12(15)14(19)17-10-6-4-7-11(8-10)20-9-13(18)16-2/h4,6-8,12H,3,5,9,15H2,1-2H3,(H,16,18)(H,17,19)/t12-/m1/s1. The molecule has 0 saturated carbocycles. The van der Waals surface area contributed by atoms with Gasteiger partial charge in [-0.1, -0.05) is 19.4 Å². The van der Waals surface area contributed by atoms with Crippen LogP contribution in [0, 0.1) is 0 Å². The maximum absolute atomic E-state index is 11.8. The third-order valence-electron chi connectivity index (χ3n) is 2.69. The number of nitrogens with one attached hydrogen (secondary N) is 2. The molecule has 1 aromatic rings. The summed E-state index contributed by atoms with van der Waals surface area (Å²) in [5, 5.41) is 5.18. The van der Waals surface area contributed by atoms with Crippen molar-refractivity contribution in [3.8, 4) is 5.75 Å². The summed E-state index contributed by atoms with van der Waals surface area (Å²) in [5.74, 6) is 0.0650. The summed E-state index contributed by atoms with van der Waals surface area (Å²) in [6, 6.07) is 6.32. The van der Waals surface area contributed by atoms with E-state index in [0.29, 0.717) is 17.9 Å². The molecule has 20 heavy (non-hydrogen) atoms. The molecule has 0 unspecified atom stereocenters. The van der Waals surface area contributed by atoms with E-state index in [-0.39, 0.29) is 18.4 Å².